The van der Waals surface area contributed by atoms with Gasteiger partial charge >= 0.3 is 6.03 Å². The van der Waals surface area contributed by atoms with E-state index in [9.17, 15) is 4.79 Å². The van der Waals surface area contributed by atoms with E-state index in [1.165, 1.54) is 0 Å². The van der Waals surface area contributed by atoms with Crippen LogP contribution in [-0.4, -0.2) is 21.4 Å². The Hall–Kier alpha value is -1.59. The monoisotopic (exact) mass is 123 g/mol. The molecule has 0 atom stereocenters. The number of nitrogens with zero attached hydrogens (tertiary/aromatic N) is 4. The molecule has 0 saturated carbocycles. The lowest BCUT2D eigenvalue weighted by molar-refractivity contribution is 0.256. The highest BCUT2D eigenvalue weighted by Crippen LogP contribution is 1.77. The molecular formula is C3HN5O. The molecule has 6 nitrogen and oxygen atoms in total. The summed E-state index contributed by atoms with van der Waals surface area (Å²) in [5.74, 6) is 0. The van der Waals surface area contributed by atoms with Crippen molar-refractivity contribution in [2.45, 2.75) is 0 Å². The molecule has 0 unspecified atom stereocenters. The number of aromatic amines is 1. The zero-order valence-corrected chi connectivity index (χ0v) is 4.20. The molecule has 9 heavy (non-hydrogen) atoms. The van der Waals surface area contributed by atoms with Gasteiger partial charge in [-0.15, -0.1) is 5.10 Å². The van der Waals surface area contributed by atoms with Crippen molar-refractivity contribution < 1.29 is 4.79 Å². The maximum absolute atomic E-state index is 10.3. The number of urea groups is 1. The van der Waals surface area contributed by atoms with Crippen LogP contribution in [0, 0.1) is 0 Å². The van der Waals surface area contributed by atoms with Gasteiger partial charge in [0, 0.05) is 0 Å². The fourth-order valence-corrected chi connectivity index (χ4v) is 0.579. The van der Waals surface area contributed by atoms with Crippen molar-refractivity contribution >= 4 is 6.03 Å². The van der Waals surface area contributed by atoms with Crippen molar-refractivity contribution in [1.29, 1.82) is 0 Å². The topological polar surface area (TPSA) is 83.4 Å². The molecule has 2 amide bonds. The van der Waals surface area contributed by atoms with E-state index in [0.29, 0.717) is 5.49 Å². The zero-order chi connectivity index (χ0) is 6.27. The van der Waals surface area contributed by atoms with Crippen molar-refractivity contribution in [2.75, 3.05) is 0 Å². The van der Waals surface area contributed by atoms with Crippen LogP contribution in [0.25, 0.3) is 0 Å². The van der Waals surface area contributed by atoms with Gasteiger partial charge in [0.05, 0.1) is 0 Å². The first-order chi connectivity index (χ1) is 4.36. The van der Waals surface area contributed by atoms with Crippen molar-refractivity contribution in [2.24, 2.45) is 9.98 Å². The first-order valence-electron chi connectivity index (χ1n) is 2.25. The summed E-state index contributed by atoms with van der Waals surface area (Å²) in [5, 5.41) is 9.23. The molecule has 2 rings (SSSR count). The summed E-state index contributed by atoms with van der Waals surface area (Å²) >= 11 is 0. The van der Waals surface area contributed by atoms with E-state index in [1.807, 2.05) is 0 Å². The number of nitrogens with one attached hydrogen (secondary N) is 1. The molecule has 0 bridgehead atoms. The smallest absolute Gasteiger partial charge is 0.244 e. The third kappa shape index (κ3) is 0.463. The fraction of sp³-hybridized carbons (Fsp3) is 0. The lowest BCUT2D eigenvalue weighted by Crippen LogP contribution is -2.20. The minimum Gasteiger partial charge on any atom is -0.244 e. The van der Waals surface area contributed by atoms with Gasteiger partial charge in [-0.05, 0) is 0 Å². The average molecular weight is 123 g/mol. The highest BCUT2D eigenvalue weighted by molar-refractivity contribution is 5.76. The highest BCUT2D eigenvalue weighted by Gasteiger charge is 2.05. The molecule has 1 aliphatic rings. The first-order valence-corrected chi connectivity index (χ1v) is 2.25. The largest absolute Gasteiger partial charge is 0.371 e. The van der Waals surface area contributed by atoms with Crippen LogP contribution < -0.4 is 11.0 Å². The zero-order valence-electron chi connectivity index (χ0n) is 4.20. The van der Waals surface area contributed by atoms with E-state index >= 15 is 0 Å². The lowest BCUT2D eigenvalue weighted by atomic mass is 10.8. The predicted molar refractivity (Wildman–Crippen MR) is 24.1 cm³/mol. The van der Waals surface area contributed by atoms with Crippen molar-refractivity contribution in [1.82, 2.24) is 15.4 Å². The van der Waals surface area contributed by atoms with Crippen LogP contribution in [0.15, 0.2) is 9.98 Å². The quantitative estimate of drug-likeness (QED) is 0.440. The van der Waals surface area contributed by atoms with E-state index in [-0.39, 0.29) is 5.49 Å². The Morgan fingerprint density at radius 2 is 2.22 bits per heavy atom. The number of hydrogen-bond donors (Lipinski definition) is 1. The third-order valence-electron chi connectivity index (χ3n) is 0.921. The summed E-state index contributed by atoms with van der Waals surface area (Å²) in [6.07, 6.45) is 0. The Balaban J connectivity index is 3.01. The van der Waals surface area contributed by atoms with Crippen LogP contribution in [0.3, 0.4) is 0 Å². The molecule has 6 heteroatoms. The summed E-state index contributed by atoms with van der Waals surface area (Å²) in [5.41, 5.74) is 0.625. The third-order valence-corrected chi connectivity index (χ3v) is 0.921. The van der Waals surface area contributed by atoms with Gasteiger partial charge in [0.25, 0.3) is 0 Å². The van der Waals surface area contributed by atoms with Gasteiger partial charge in [-0.2, -0.15) is 9.98 Å². The highest BCUT2D eigenvalue weighted by atomic mass is 16.2. The maximum atomic E-state index is 10.3. The summed E-state index contributed by atoms with van der Waals surface area (Å²) in [6, 6.07) is -0.522. The average Bonchev–Trinajstić information content (AvgIpc) is 2.22. The van der Waals surface area contributed by atoms with Gasteiger partial charge in [-0.25, -0.2) is 9.89 Å². The van der Waals surface area contributed by atoms with E-state index in [4.69, 9.17) is 0 Å². The fourth-order valence-electron chi connectivity index (χ4n) is 0.579. The first kappa shape index (κ1) is 4.30. The van der Waals surface area contributed by atoms with Crippen LogP contribution in [0.1, 0.15) is 0 Å². The normalized spacial score (nSPS) is 14.4. The molecule has 0 aromatic carbocycles. The Bertz CT molecular complexity index is 329. The summed E-state index contributed by atoms with van der Waals surface area (Å²) in [7, 11) is 0. The Kier molecular flexibility index (Phi) is 0.583. The molecule has 0 fully saturated rings. The molecule has 0 spiro atoms. The van der Waals surface area contributed by atoms with Gasteiger partial charge in [0.1, 0.15) is 0 Å². The van der Waals surface area contributed by atoms with Crippen LogP contribution in [-0.2, 0) is 0 Å². The number of rotatable bonds is 0. The minimum atomic E-state index is -0.522. The molecular weight excluding hydrogens is 122 g/mol. The molecule has 44 valence electrons. The number of fused-ring (bicyclic) bond motifs is 1. The summed E-state index contributed by atoms with van der Waals surface area (Å²) in [6.45, 7) is 0. The van der Waals surface area contributed by atoms with Crippen molar-refractivity contribution in [3.63, 3.8) is 0 Å². The second kappa shape index (κ2) is 1.22. The SMILES string of the molecule is O=C1N=c2nn[nH]c2=N1. The van der Waals surface area contributed by atoms with E-state index in [1.54, 1.807) is 0 Å². The van der Waals surface area contributed by atoms with E-state index in [2.05, 4.69) is 25.4 Å². The van der Waals surface area contributed by atoms with E-state index in [0.717, 1.165) is 0 Å². The Morgan fingerprint density at radius 3 is 3.00 bits per heavy atom. The van der Waals surface area contributed by atoms with E-state index < -0.39 is 6.03 Å². The predicted octanol–water partition coefficient (Wildman–Crippen LogP) is -1.82. The second-order valence-electron chi connectivity index (χ2n) is 1.49. The molecule has 1 aromatic rings. The van der Waals surface area contributed by atoms with Crippen LogP contribution >= 0.6 is 0 Å². The summed E-state index contributed by atoms with van der Waals surface area (Å²) in [4.78, 5) is 17.2. The minimum absolute atomic E-state index is 0.278. The Morgan fingerprint density at radius 1 is 1.33 bits per heavy atom. The van der Waals surface area contributed by atoms with Crippen molar-refractivity contribution in [3.8, 4) is 0 Å². The standard InChI is InChI=1S/C3HN5O/c9-3-4-1-2(5-3)7-8-6-1/h(H,4,5,6,7,9). The lowest BCUT2D eigenvalue weighted by Gasteiger charge is -1.66. The van der Waals surface area contributed by atoms with Crippen molar-refractivity contribution in [3.05, 3.63) is 11.0 Å². The summed E-state index contributed by atoms with van der Waals surface area (Å²) < 4.78 is 0. The van der Waals surface area contributed by atoms with Crippen LogP contribution in [0.4, 0.5) is 4.79 Å². The molecule has 0 radical (unpaired) electrons. The number of carbonyl (C=O) groups is 1. The molecule has 2 heterocycles. The molecule has 0 aliphatic carbocycles. The molecule has 1 N–H and O–H groups in total. The number of hydrogen-bond acceptors (Lipinski definition) is 3. The van der Waals surface area contributed by atoms with Gasteiger partial charge in [-0.3, -0.25) is 0 Å². The molecule has 0 saturated heterocycles. The molecule has 1 aromatic heterocycles. The van der Waals surface area contributed by atoms with Gasteiger partial charge in [0.2, 0.25) is 11.0 Å². The number of amides is 2. The number of carbonyl (C=O) groups excluding carboxylic acids is 1. The maximum Gasteiger partial charge on any atom is 0.371 e. The van der Waals surface area contributed by atoms with Gasteiger partial charge in [-0.1, -0.05) is 5.21 Å². The van der Waals surface area contributed by atoms with Crippen LogP contribution in [0.2, 0.25) is 0 Å². The van der Waals surface area contributed by atoms with Gasteiger partial charge in [0.15, 0.2) is 0 Å². The number of H-pyrrole nitrogens is 1. The second-order valence-corrected chi connectivity index (χ2v) is 1.49. The molecule has 1 aliphatic heterocycles. The Labute approximate surface area is 48.3 Å². The number of aromatic nitrogens is 3. The van der Waals surface area contributed by atoms with Gasteiger partial charge < -0.3 is 0 Å². The van der Waals surface area contributed by atoms with Crippen LogP contribution in [0.5, 0.6) is 0 Å².